The summed E-state index contributed by atoms with van der Waals surface area (Å²) in [5, 5.41) is 3.57. The van der Waals surface area contributed by atoms with E-state index in [0.717, 1.165) is 32.2 Å². The molecule has 3 nitrogen and oxygen atoms in total. The largest absolute Gasteiger partial charge is 0.466 e. The summed E-state index contributed by atoms with van der Waals surface area (Å²) in [6.45, 7) is 10.1. The predicted octanol–water partition coefficient (Wildman–Crippen LogP) is 3.13. The van der Waals surface area contributed by atoms with E-state index in [0.29, 0.717) is 18.1 Å². The Hall–Kier alpha value is -0.570. The van der Waals surface area contributed by atoms with Gasteiger partial charge in [0.05, 0.1) is 12.5 Å². The van der Waals surface area contributed by atoms with Gasteiger partial charge in [-0.05, 0) is 38.1 Å². The van der Waals surface area contributed by atoms with Gasteiger partial charge in [0.1, 0.15) is 0 Å². The van der Waals surface area contributed by atoms with Crippen LogP contribution < -0.4 is 5.32 Å². The first-order chi connectivity index (χ1) is 8.44. The highest BCUT2D eigenvalue weighted by Crippen LogP contribution is 2.26. The normalized spacial score (nSPS) is 24.9. The molecule has 1 aliphatic carbocycles. The molecule has 0 aliphatic heterocycles. The third kappa shape index (κ3) is 5.38. The molecule has 0 bridgehead atoms. The van der Waals surface area contributed by atoms with Gasteiger partial charge in [0, 0.05) is 6.04 Å². The van der Waals surface area contributed by atoms with Gasteiger partial charge in [-0.25, -0.2) is 0 Å². The number of nitrogens with one attached hydrogen (secondary N) is 1. The van der Waals surface area contributed by atoms with E-state index >= 15 is 0 Å². The van der Waals surface area contributed by atoms with Crippen LogP contribution in [0.3, 0.4) is 0 Å². The molecule has 1 saturated carbocycles. The fourth-order valence-corrected chi connectivity index (χ4v) is 2.54. The van der Waals surface area contributed by atoms with E-state index in [-0.39, 0.29) is 11.9 Å². The monoisotopic (exact) mass is 255 g/mol. The zero-order valence-electron chi connectivity index (χ0n) is 12.4. The van der Waals surface area contributed by atoms with Crippen molar-refractivity contribution in [1.29, 1.82) is 0 Å². The Balaban J connectivity index is 2.42. The zero-order valence-corrected chi connectivity index (χ0v) is 12.4. The summed E-state index contributed by atoms with van der Waals surface area (Å²) in [4.78, 5) is 11.9. The molecule has 1 rings (SSSR count). The SMILES string of the molecule is CCOC(=O)C1CCCCC1NCCC(C)(C)C. The molecule has 0 aromatic rings. The molecule has 0 saturated heterocycles. The molecule has 0 spiro atoms. The van der Waals surface area contributed by atoms with Crippen LogP contribution in [-0.2, 0) is 9.53 Å². The Morgan fingerprint density at radius 1 is 1.28 bits per heavy atom. The van der Waals surface area contributed by atoms with E-state index in [1.165, 1.54) is 6.42 Å². The van der Waals surface area contributed by atoms with Gasteiger partial charge in [-0.1, -0.05) is 33.6 Å². The van der Waals surface area contributed by atoms with E-state index in [4.69, 9.17) is 4.74 Å². The van der Waals surface area contributed by atoms with Crippen molar-refractivity contribution in [1.82, 2.24) is 5.32 Å². The van der Waals surface area contributed by atoms with Crippen molar-refractivity contribution < 1.29 is 9.53 Å². The third-order valence-electron chi connectivity index (χ3n) is 3.64. The highest BCUT2D eigenvalue weighted by molar-refractivity contribution is 5.73. The molecule has 0 aromatic heterocycles. The van der Waals surface area contributed by atoms with Crippen molar-refractivity contribution in [3.8, 4) is 0 Å². The van der Waals surface area contributed by atoms with E-state index < -0.39 is 0 Å². The highest BCUT2D eigenvalue weighted by Gasteiger charge is 2.31. The summed E-state index contributed by atoms with van der Waals surface area (Å²) in [5.74, 6) is 0.0594. The maximum atomic E-state index is 11.9. The fraction of sp³-hybridized carbons (Fsp3) is 0.933. The van der Waals surface area contributed by atoms with Crippen molar-refractivity contribution in [3.63, 3.8) is 0 Å². The van der Waals surface area contributed by atoms with Gasteiger partial charge in [-0.15, -0.1) is 0 Å². The number of hydrogen-bond donors (Lipinski definition) is 1. The van der Waals surface area contributed by atoms with Crippen LogP contribution in [0.25, 0.3) is 0 Å². The number of ether oxygens (including phenoxy) is 1. The van der Waals surface area contributed by atoms with Crippen LogP contribution in [0, 0.1) is 11.3 Å². The second kappa shape index (κ2) is 7.13. The van der Waals surface area contributed by atoms with Crippen LogP contribution in [-0.4, -0.2) is 25.2 Å². The maximum absolute atomic E-state index is 11.9. The van der Waals surface area contributed by atoms with Crippen LogP contribution in [0.4, 0.5) is 0 Å². The molecule has 2 unspecified atom stereocenters. The van der Waals surface area contributed by atoms with E-state index in [2.05, 4.69) is 26.1 Å². The van der Waals surface area contributed by atoms with Gasteiger partial charge >= 0.3 is 5.97 Å². The van der Waals surface area contributed by atoms with Gasteiger partial charge in [-0.2, -0.15) is 0 Å². The smallest absolute Gasteiger partial charge is 0.310 e. The molecular formula is C15H29NO2. The lowest BCUT2D eigenvalue weighted by atomic mass is 9.84. The molecule has 2 atom stereocenters. The molecule has 106 valence electrons. The summed E-state index contributed by atoms with van der Waals surface area (Å²) in [6, 6.07) is 0.320. The van der Waals surface area contributed by atoms with Gasteiger partial charge in [0.2, 0.25) is 0 Å². The molecule has 3 heteroatoms. The van der Waals surface area contributed by atoms with Crippen molar-refractivity contribution >= 4 is 5.97 Å². The Kier molecular flexibility index (Phi) is 6.13. The predicted molar refractivity (Wildman–Crippen MR) is 74.5 cm³/mol. The second-order valence-electron chi connectivity index (χ2n) is 6.51. The Labute approximate surface area is 112 Å². The molecule has 0 amide bonds. The van der Waals surface area contributed by atoms with Crippen molar-refractivity contribution in [2.24, 2.45) is 11.3 Å². The summed E-state index contributed by atoms with van der Waals surface area (Å²) in [7, 11) is 0. The highest BCUT2D eigenvalue weighted by atomic mass is 16.5. The van der Waals surface area contributed by atoms with Crippen molar-refractivity contribution in [2.45, 2.75) is 65.8 Å². The minimum Gasteiger partial charge on any atom is -0.466 e. The first kappa shape index (κ1) is 15.5. The Bertz CT molecular complexity index is 258. The number of carbonyl (C=O) groups excluding carboxylic acids is 1. The molecule has 0 radical (unpaired) electrons. The minimum absolute atomic E-state index is 0.00883. The third-order valence-corrected chi connectivity index (χ3v) is 3.64. The molecule has 0 heterocycles. The maximum Gasteiger partial charge on any atom is 0.310 e. The van der Waals surface area contributed by atoms with E-state index in [1.54, 1.807) is 0 Å². The number of rotatable bonds is 5. The first-order valence-corrected chi connectivity index (χ1v) is 7.34. The average molecular weight is 255 g/mol. The molecular weight excluding hydrogens is 226 g/mol. The average Bonchev–Trinajstić information content (AvgIpc) is 2.28. The lowest BCUT2D eigenvalue weighted by molar-refractivity contribution is -0.150. The van der Waals surface area contributed by atoms with Gasteiger partial charge in [0.15, 0.2) is 0 Å². The molecule has 0 aromatic carbocycles. The van der Waals surface area contributed by atoms with E-state index in [1.807, 2.05) is 6.92 Å². The molecule has 1 fully saturated rings. The number of carbonyl (C=O) groups is 1. The molecule has 18 heavy (non-hydrogen) atoms. The fourth-order valence-electron chi connectivity index (χ4n) is 2.54. The van der Waals surface area contributed by atoms with E-state index in [9.17, 15) is 4.79 Å². The zero-order chi connectivity index (χ0) is 13.6. The summed E-state index contributed by atoms with van der Waals surface area (Å²) < 4.78 is 5.18. The summed E-state index contributed by atoms with van der Waals surface area (Å²) >= 11 is 0. The lowest BCUT2D eigenvalue weighted by Gasteiger charge is -2.31. The quantitative estimate of drug-likeness (QED) is 0.767. The minimum atomic E-state index is -0.00883. The van der Waals surface area contributed by atoms with Crippen molar-refractivity contribution in [2.75, 3.05) is 13.2 Å². The summed E-state index contributed by atoms with van der Waals surface area (Å²) in [5.41, 5.74) is 0.348. The van der Waals surface area contributed by atoms with Crippen LogP contribution >= 0.6 is 0 Å². The number of hydrogen-bond acceptors (Lipinski definition) is 3. The molecule has 1 aliphatic rings. The molecule has 1 N–H and O–H groups in total. The van der Waals surface area contributed by atoms with Crippen molar-refractivity contribution in [3.05, 3.63) is 0 Å². The topological polar surface area (TPSA) is 38.3 Å². The Morgan fingerprint density at radius 2 is 1.94 bits per heavy atom. The van der Waals surface area contributed by atoms with Crippen LogP contribution in [0.15, 0.2) is 0 Å². The number of esters is 1. The van der Waals surface area contributed by atoms with Gasteiger partial charge < -0.3 is 10.1 Å². The van der Waals surface area contributed by atoms with Crippen LogP contribution in [0.1, 0.15) is 59.8 Å². The summed E-state index contributed by atoms with van der Waals surface area (Å²) in [6.07, 6.45) is 5.60. The van der Waals surface area contributed by atoms with Crippen LogP contribution in [0.5, 0.6) is 0 Å². The Morgan fingerprint density at radius 3 is 2.56 bits per heavy atom. The standard InChI is InChI=1S/C15H29NO2/c1-5-18-14(17)12-8-6-7-9-13(12)16-11-10-15(2,3)4/h12-13,16H,5-11H2,1-4H3. The van der Waals surface area contributed by atoms with Crippen LogP contribution in [0.2, 0.25) is 0 Å². The van der Waals surface area contributed by atoms with Gasteiger partial charge in [-0.3, -0.25) is 4.79 Å². The van der Waals surface area contributed by atoms with Gasteiger partial charge in [0.25, 0.3) is 0 Å². The first-order valence-electron chi connectivity index (χ1n) is 7.34. The lowest BCUT2D eigenvalue weighted by Crippen LogP contribution is -2.43. The second-order valence-corrected chi connectivity index (χ2v) is 6.51.